The van der Waals surface area contributed by atoms with Gasteiger partial charge in [-0.25, -0.2) is 4.98 Å². The number of rotatable bonds is 3. The van der Waals surface area contributed by atoms with E-state index in [2.05, 4.69) is 35.8 Å². The topological polar surface area (TPSA) is 73.4 Å². The fraction of sp³-hybridized carbons (Fsp3) is 0.360. The van der Waals surface area contributed by atoms with Gasteiger partial charge in [0.15, 0.2) is 5.82 Å². The molecule has 2 aromatic carbocycles. The van der Waals surface area contributed by atoms with Crippen molar-refractivity contribution in [2.24, 2.45) is 5.73 Å². The fourth-order valence-electron chi connectivity index (χ4n) is 5.11. The van der Waals surface area contributed by atoms with Gasteiger partial charge >= 0.3 is 0 Å². The summed E-state index contributed by atoms with van der Waals surface area (Å²) in [6, 6.07) is 12.4. The third-order valence-electron chi connectivity index (χ3n) is 6.63. The molecular weight excluding hydrogens is 420 g/mol. The van der Waals surface area contributed by atoms with Crippen LogP contribution < -0.4 is 10.5 Å². The molecule has 1 atom stereocenters. The van der Waals surface area contributed by atoms with E-state index in [0.717, 1.165) is 55.0 Å². The summed E-state index contributed by atoms with van der Waals surface area (Å²) in [6.07, 6.45) is 2.87. The molecule has 0 saturated carbocycles. The van der Waals surface area contributed by atoms with E-state index in [1.165, 1.54) is 20.5 Å². The standard InChI is InChI=1S/C25H26N4O2S/c1-2-17-18-7-3-4-8-21(18)32-23(17)24-27-19-12-15(13-20-22(19)29(24)10-11-31-20)25(30)28-9-5-6-16(26)14-28/h3-4,7-8,12-13,16H,2,5-6,9-11,14,26H2,1H3/t16-/m1/s1. The number of amides is 1. The second kappa shape index (κ2) is 7.60. The lowest BCUT2D eigenvalue weighted by Gasteiger charge is -2.31. The number of likely N-dealkylation sites (tertiary alicyclic amines) is 1. The highest BCUT2D eigenvalue weighted by molar-refractivity contribution is 7.22. The molecular formula is C25H26N4O2S. The maximum Gasteiger partial charge on any atom is 0.254 e. The van der Waals surface area contributed by atoms with Crippen LogP contribution in [0.4, 0.5) is 0 Å². The molecule has 2 N–H and O–H groups in total. The number of carbonyl (C=O) groups excluding carboxylic acids is 1. The molecule has 2 aromatic heterocycles. The number of piperidine rings is 1. The second-order valence-electron chi connectivity index (χ2n) is 8.69. The third-order valence-corrected chi connectivity index (χ3v) is 7.84. The van der Waals surface area contributed by atoms with Gasteiger partial charge in [0.25, 0.3) is 5.91 Å². The van der Waals surface area contributed by atoms with Crippen molar-refractivity contribution in [2.75, 3.05) is 19.7 Å². The number of nitrogens with zero attached hydrogens (tertiary/aromatic N) is 3. The molecule has 2 aliphatic rings. The van der Waals surface area contributed by atoms with E-state index in [0.29, 0.717) is 18.7 Å². The Morgan fingerprint density at radius 2 is 2.16 bits per heavy atom. The van der Waals surface area contributed by atoms with Gasteiger partial charge in [-0.15, -0.1) is 11.3 Å². The molecule has 164 valence electrons. The first-order valence-corrected chi connectivity index (χ1v) is 12.2. The molecule has 0 unspecified atom stereocenters. The molecule has 1 amide bonds. The molecule has 4 heterocycles. The highest BCUT2D eigenvalue weighted by Gasteiger charge is 2.27. The van der Waals surface area contributed by atoms with E-state index in [-0.39, 0.29) is 11.9 Å². The Labute approximate surface area is 190 Å². The number of thiophene rings is 1. The van der Waals surface area contributed by atoms with Gasteiger partial charge in [0, 0.05) is 29.4 Å². The van der Waals surface area contributed by atoms with Crippen molar-refractivity contribution in [3.05, 3.63) is 47.5 Å². The molecule has 0 aliphatic carbocycles. The number of hydrogen-bond acceptors (Lipinski definition) is 5. The number of benzene rings is 2. The van der Waals surface area contributed by atoms with Crippen LogP contribution in [0.5, 0.6) is 5.75 Å². The van der Waals surface area contributed by atoms with E-state index >= 15 is 0 Å². The summed E-state index contributed by atoms with van der Waals surface area (Å²) >= 11 is 1.80. The zero-order valence-electron chi connectivity index (χ0n) is 18.1. The third kappa shape index (κ3) is 3.03. The molecule has 4 aromatic rings. The van der Waals surface area contributed by atoms with Gasteiger partial charge in [-0.2, -0.15) is 0 Å². The first kappa shape index (κ1) is 19.8. The summed E-state index contributed by atoms with van der Waals surface area (Å²) < 4.78 is 9.55. The molecule has 2 aliphatic heterocycles. The first-order chi connectivity index (χ1) is 15.6. The van der Waals surface area contributed by atoms with E-state index in [9.17, 15) is 4.79 Å². The summed E-state index contributed by atoms with van der Waals surface area (Å²) in [4.78, 5) is 21.4. The van der Waals surface area contributed by atoms with Gasteiger partial charge in [-0.1, -0.05) is 25.1 Å². The van der Waals surface area contributed by atoms with Gasteiger partial charge in [0.2, 0.25) is 0 Å². The number of aromatic nitrogens is 2. The summed E-state index contributed by atoms with van der Waals surface area (Å²) in [5.74, 6) is 1.74. The minimum atomic E-state index is 0.0136. The van der Waals surface area contributed by atoms with E-state index in [1.807, 2.05) is 17.0 Å². The Hall–Kier alpha value is -2.90. The van der Waals surface area contributed by atoms with Crippen molar-refractivity contribution in [1.82, 2.24) is 14.5 Å². The smallest absolute Gasteiger partial charge is 0.254 e. The van der Waals surface area contributed by atoms with Gasteiger partial charge in [0.05, 0.1) is 16.9 Å². The number of aryl methyl sites for hydroxylation is 1. The van der Waals surface area contributed by atoms with Gasteiger partial charge in [-0.05, 0) is 48.4 Å². The lowest BCUT2D eigenvalue weighted by molar-refractivity contribution is 0.0708. The van der Waals surface area contributed by atoms with Crippen LogP contribution in [-0.4, -0.2) is 46.1 Å². The Balaban J connectivity index is 1.50. The summed E-state index contributed by atoms with van der Waals surface area (Å²) in [5.41, 5.74) is 9.88. The zero-order chi connectivity index (χ0) is 21.8. The average molecular weight is 447 g/mol. The fourth-order valence-corrected chi connectivity index (χ4v) is 6.40. The Morgan fingerprint density at radius 3 is 3.00 bits per heavy atom. The molecule has 32 heavy (non-hydrogen) atoms. The summed E-state index contributed by atoms with van der Waals surface area (Å²) in [5, 5.41) is 1.31. The number of ether oxygens (including phenoxy) is 1. The predicted molar refractivity (Wildman–Crippen MR) is 129 cm³/mol. The van der Waals surface area contributed by atoms with Crippen LogP contribution in [-0.2, 0) is 13.0 Å². The van der Waals surface area contributed by atoms with Crippen molar-refractivity contribution in [1.29, 1.82) is 0 Å². The van der Waals surface area contributed by atoms with Crippen LogP contribution in [0, 0.1) is 0 Å². The van der Waals surface area contributed by atoms with Crippen molar-refractivity contribution >= 4 is 38.4 Å². The second-order valence-corrected chi connectivity index (χ2v) is 9.74. The van der Waals surface area contributed by atoms with E-state index in [4.69, 9.17) is 15.5 Å². The van der Waals surface area contributed by atoms with Gasteiger partial charge in [0.1, 0.15) is 17.9 Å². The van der Waals surface area contributed by atoms with Crippen molar-refractivity contribution in [3.8, 4) is 16.5 Å². The Kier molecular flexibility index (Phi) is 4.69. The first-order valence-electron chi connectivity index (χ1n) is 11.4. The van der Waals surface area contributed by atoms with E-state index in [1.54, 1.807) is 11.3 Å². The van der Waals surface area contributed by atoms with Crippen LogP contribution in [0.1, 0.15) is 35.7 Å². The normalized spacial score (nSPS) is 18.3. The van der Waals surface area contributed by atoms with Gasteiger partial charge < -0.3 is 19.9 Å². The van der Waals surface area contributed by atoms with Crippen molar-refractivity contribution in [3.63, 3.8) is 0 Å². The Bertz CT molecular complexity index is 1360. The average Bonchev–Trinajstić information content (AvgIpc) is 3.37. The summed E-state index contributed by atoms with van der Waals surface area (Å²) in [6.45, 7) is 4.89. The minimum absolute atomic E-state index is 0.0136. The van der Waals surface area contributed by atoms with Gasteiger partial charge in [-0.3, -0.25) is 4.79 Å². The molecule has 1 saturated heterocycles. The Morgan fingerprint density at radius 1 is 1.28 bits per heavy atom. The molecule has 6 rings (SSSR count). The zero-order valence-corrected chi connectivity index (χ0v) is 19.0. The number of imidazole rings is 1. The molecule has 0 radical (unpaired) electrons. The van der Waals surface area contributed by atoms with Crippen LogP contribution in [0.3, 0.4) is 0 Å². The number of fused-ring (bicyclic) bond motifs is 1. The molecule has 0 bridgehead atoms. The monoisotopic (exact) mass is 446 g/mol. The number of nitrogens with two attached hydrogens (primary N) is 1. The van der Waals surface area contributed by atoms with Crippen LogP contribution in [0.15, 0.2) is 36.4 Å². The minimum Gasteiger partial charge on any atom is -0.489 e. The SMILES string of the molecule is CCc1c(-c2nc3cc(C(=O)N4CCC[C@@H](N)C4)cc4c3n2CCO4)sc2ccccc12. The van der Waals surface area contributed by atoms with Crippen LogP contribution in [0.2, 0.25) is 0 Å². The van der Waals surface area contributed by atoms with Crippen LogP contribution >= 0.6 is 11.3 Å². The van der Waals surface area contributed by atoms with Crippen molar-refractivity contribution in [2.45, 2.75) is 38.8 Å². The molecule has 1 fully saturated rings. The lowest BCUT2D eigenvalue weighted by Crippen LogP contribution is -2.45. The predicted octanol–water partition coefficient (Wildman–Crippen LogP) is 4.44. The molecule has 6 nitrogen and oxygen atoms in total. The quantitative estimate of drug-likeness (QED) is 0.505. The number of hydrogen-bond donors (Lipinski definition) is 1. The molecule has 0 spiro atoms. The van der Waals surface area contributed by atoms with E-state index < -0.39 is 0 Å². The van der Waals surface area contributed by atoms with Crippen molar-refractivity contribution < 1.29 is 9.53 Å². The largest absolute Gasteiger partial charge is 0.489 e. The lowest BCUT2D eigenvalue weighted by atomic mass is 10.0. The number of carbonyl (C=O) groups is 1. The highest BCUT2D eigenvalue weighted by Crippen LogP contribution is 2.42. The summed E-state index contributed by atoms with van der Waals surface area (Å²) in [7, 11) is 0. The molecule has 7 heteroatoms. The maximum absolute atomic E-state index is 13.2. The highest BCUT2D eigenvalue weighted by atomic mass is 32.1. The maximum atomic E-state index is 13.2. The van der Waals surface area contributed by atoms with Crippen LogP contribution in [0.25, 0.3) is 31.8 Å².